The first-order valence-electron chi connectivity index (χ1n) is 13.1. The summed E-state index contributed by atoms with van der Waals surface area (Å²) in [5.41, 5.74) is 2.66. The number of aliphatic hydroxyl groups excluding tert-OH is 2. The number of amides is 2. The maximum absolute atomic E-state index is 13.3. The highest BCUT2D eigenvalue weighted by Crippen LogP contribution is 2.29. The number of fused-ring (bicyclic) bond motifs is 1. The molecule has 38 heavy (non-hydrogen) atoms. The van der Waals surface area contributed by atoms with Gasteiger partial charge in [-0.05, 0) is 61.8 Å². The van der Waals surface area contributed by atoms with Crippen LogP contribution in [0.2, 0.25) is 0 Å². The molecule has 0 radical (unpaired) electrons. The molecule has 0 atom stereocenters. The summed E-state index contributed by atoms with van der Waals surface area (Å²) in [6.45, 7) is 1.70. The van der Waals surface area contributed by atoms with Crippen molar-refractivity contribution >= 4 is 28.7 Å². The Morgan fingerprint density at radius 3 is 2.18 bits per heavy atom. The lowest BCUT2D eigenvalue weighted by molar-refractivity contribution is 0.0942. The predicted octanol–water partition coefficient (Wildman–Crippen LogP) is 2.89. The Hall–Kier alpha value is -3.76. The number of aliphatic hydroxyl groups is 2. The van der Waals surface area contributed by atoms with Gasteiger partial charge in [0.05, 0.1) is 30.0 Å². The zero-order chi connectivity index (χ0) is 26.9. The van der Waals surface area contributed by atoms with Gasteiger partial charge in [0.2, 0.25) is 0 Å². The lowest BCUT2D eigenvalue weighted by atomic mass is 9.82. The van der Waals surface area contributed by atoms with Crippen molar-refractivity contribution in [2.24, 2.45) is 11.8 Å². The second-order valence-electron chi connectivity index (χ2n) is 9.69. The van der Waals surface area contributed by atoms with Crippen LogP contribution >= 0.6 is 0 Å². The first kappa shape index (κ1) is 27.3. The third-order valence-electron chi connectivity index (χ3n) is 7.13. The van der Waals surface area contributed by atoms with Crippen LogP contribution in [0.5, 0.6) is 0 Å². The van der Waals surface area contributed by atoms with Crippen molar-refractivity contribution in [3.8, 4) is 11.3 Å². The number of hydrogen-bond donors (Lipinski definition) is 5. The molecule has 2 heterocycles. The number of pyridine rings is 2. The van der Waals surface area contributed by atoms with Crippen LogP contribution in [0, 0.1) is 11.8 Å². The molecule has 0 saturated heterocycles. The van der Waals surface area contributed by atoms with E-state index in [1.54, 1.807) is 17.2 Å². The summed E-state index contributed by atoms with van der Waals surface area (Å²) in [7, 11) is 0. The average Bonchev–Trinajstić information content (AvgIpc) is 2.94. The molecule has 0 aliphatic heterocycles. The summed E-state index contributed by atoms with van der Waals surface area (Å²) in [6, 6.07) is 13.0. The van der Waals surface area contributed by atoms with E-state index in [1.807, 2.05) is 36.4 Å². The highest BCUT2D eigenvalue weighted by molar-refractivity contribution is 6.07. The quantitative estimate of drug-likeness (QED) is 0.259. The molecule has 0 spiro atoms. The summed E-state index contributed by atoms with van der Waals surface area (Å²) < 4.78 is 0. The summed E-state index contributed by atoms with van der Waals surface area (Å²) in [5, 5.41) is 33.8. The third-order valence-corrected chi connectivity index (χ3v) is 7.13. The van der Waals surface area contributed by atoms with Crippen LogP contribution in [0.1, 0.15) is 36.0 Å². The fourth-order valence-corrected chi connectivity index (χ4v) is 5.02. The van der Waals surface area contributed by atoms with Gasteiger partial charge in [-0.3, -0.25) is 4.79 Å². The number of aromatic nitrogens is 2. The molecular weight excluding hydrogens is 486 g/mol. The van der Waals surface area contributed by atoms with Crippen molar-refractivity contribution < 1.29 is 24.9 Å². The van der Waals surface area contributed by atoms with Crippen LogP contribution in [-0.4, -0.2) is 76.7 Å². The zero-order valence-corrected chi connectivity index (χ0v) is 21.3. The molecule has 2 aromatic heterocycles. The van der Waals surface area contributed by atoms with Crippen molar-refractivity contribution in [2.75, 3.05) is 44.3 Å². The number of benzene rings is 1. The standard InChI is InChI=1S/C28H35N5O5/c34-13-11-33(12-14-35)26-10-9-21(18-29-26)25-15-23(22-3-1-2-4-24(22)32-25)27(36)30-16-19-5-7-20(8-6-19)17-31-28(37)38/h1-4,9-10,15,18-20,31,34-35H,5-8,11-14,16-17H2,(H,30,36)(H,37,38). The topological polar surface area (TPSA) is 148 Å². The Bertz CT molecular complexity index is 1220. The lowest BCUT2D eigenvalue weighted by Gasteiger charge is -2.28. The minimum atomic E-state index is -0.986. The Morgan fingerprint density at radius 2 is 1.58 bits per heavy atom. The average molecular weight is 522 g/mol. The summed E-state index contributed by atoms with van der Waals surface area (Å²) in [5.74, 6) is 1.21. The number of carbonyl (C=O) groups excluding carboxylic acids is 1. The molecule has 5 N–H and O–H groups in total. The number of carboxylic acid groups (broad SMARTS) is 1. The normalized spacial score (nSPS) is 17.2. The Morgan fingerprint density at radius 1 is 0.921 bits per heavy atom. The molecule has 4 rings (SSSR count). The van der Waals surface area contributed by atoms with Crippen molar-refractivity contribution in [1.82, 2.24) is 20.6 Å². The molecule has 1 fully saturated rings. The van der Waals surface area contributed by atoms with Crippen molar-refractivity contribution in [1.29, 1.82) is 0 Å². The van der Waals surface area contributed by atoms with Gasteiger partial charge in [0.25, 0.3) is 5.91 Å². The number of hydrogen-bond acceptors (Lipinski definition) is 7. The van der Waals surface area contributed by atoms with Crippen LogP contribution in [0.3, 0.4) is 0 Å². The van der Waals surface area contributed by atoms with Gasteiger partial charge in [0, 0.05) is 43.3 Å². The van der Waals surface area contributed by atoms with Crippen LogP contribution in [-0.2, 0) is 0 Å². The number of anilines is 1. The molecule has 1 aromatic carbocycles. The third kappa shape index (κ3) is 6.96. The SMILES string of the molecule is O=C(O)NCC1CCC(CNC(=O)c2cc(-c3ccc(N(CCO)CCO)nc3)nc3ccccc23)CC1. The molecule has 0 unspecified atom stereocenters. The fourth-order valence-electron chi connectivity index (χ4n) is 5.02. The van der Waals surface area contributed by atoms with Crippen molar-refractivity contribution in [3.05, 3.63) is 54.2 Å². The molecule has 1 aliphatic carbocycles. The van der Waals surface area contributed by atoms with E-state index in [1.165, 1.54) is 0 Å². The fraction of sp³-hybridized carbons (Fsp3) is 0.429. The van der Waals surface area contributed by atoms with Crippen LogP contribution in [0.15, 0.2) is 48.7 Å². The smallest absolute Gasteiger partial charge is 0.404 e. The van der Waals surface area contributed by atoms with E-state index in [9.17, 15) is 19.8 Å². The van der Waals surface area contributed by atoms with Gasteiger partial charge in [-0.15, -0.1) is 0 Å². The van der Waals surface area contributed by atoms with E-state index in [4.69, 9.17) is 10.1 Å². The largest absolute Gasteiger partial charge is 0.465 e. The number of nitrogens with zero attached hydrogens (tertiary/aromatic N) is 3. The minimum Gasteiger partial charge on any atom is -0.465 e. The molecule has 1 saturated carbocycles. The van der Waals surface area contributed by atoms with E-state index >= 15 is 0 Å². The summed E-state index contributed by atoms with van der Waals surface area (Å²) >= 11 is 0. The molecule has 0 bridgehead atoms. The number of carbonyl (C=O) groups is 2. The Balaban J connectivity index is 1.47. The first-order chi connectivity index (χ1) is 18.5. The maximum atomic E-state index is 13.3. The summed E-state index contributed by atoms with van der Waals surface area (Å²) in [4.78, 5) is 35.1. The monoisotopic (exact) mass is 521 g/mol. The second-order valence-corrected chi connectivity index (χ2v) is 9.69. The van der Waals surface area contributed by atoms with Crippen molar-refractivity contribution in [3.63, 3.8) is 0 Å². The molecule has 3 aromatic rings. The maximum Gasteiger partial charge on any atom is 0.404 e. The molecule has 10 nitrogen and oxygen atoms in total. The first-order valence-corrected chi connectivity index (χ1v) is 13.1. The highest BCUT2D eigenvalue weighted by Gasteiger charge is 2.23. The molecular formula is C28H35N5O5. The molecule has 1 aliphatic rings. The number of para-hydroxylation sites is 1. The minimum absolute atomic E-state index is 0.0441. The second kappa shape index (κ2) is 13.2. The van der Waals surface area contributed by atoms with Crippen LogP contribution in [0.25, 0.3) is 22.2 Å². The number of rotatable bonds is 11. The van der Waals surface area contributed by atoms with E-state index in [0.29, 0.717) is 60.6 Å². The zero-order valence-electron chi connectivity index (χ0n) is 21.3. The van der Waals surface area contributed by atoms with Crippen LogP contribution in [0.4, 0.5) is 10.6 Å². The lowest BCUT2D eigenvalue weighted by Crippen LogP contribution is -2.34. The number of nitrogens with one attached hydrogen (secondary N) is 2. The Kier molecular flexibility index (Phi) is 9.45. The van der Waals surface area contributed by atoms with Crippen LogP contribution < -0.4 is 15.5 Å². The van der Waals surface area contributed by atoms with E-state index in [-0.39, 0.29) is 19.1 Å². The van der Waals surface area contributed by atoms with Gasteiger partial charge in [-0.2, -0.15) is 0 Å². The van der Waals surface area contributed by atoms with Crippen molar-refractivity contribution in [2.45, 2.75) is 25.7 Å². The molecule has 202 valence electrons. The molecule has 10 heteroatoms. The van der Waals surface area contributed by atoms with Gasteiger partial charge < -0.3 is 30.9 Å². The Labute approximate surface area is 221 Å². The van der Waals surface area contributed by atoms with E-state index < -0.39 is 6.09 Å². The van der Waals surface area contributed by atoms with Gasteiger partial charge >= 0.3 is 6.09 Å². The predicted molar refractivity (Wildman–Crippen MR) is 145 cm³/mol. The van der Waals surface area contributed by atoms with E-state index in [0.717, 1.165) is 36.6 Å². The van der Waals surface area contributed by atoms with Gasteiger partial charge in [0.15, 0.2) is 0 Å². The summed E-state index contributed by atoms with van der Waals surface area (Å²) in [6.07, 6.45) is 4.50. The van der Waals surface area contributed by atoms with E-state index in [2.05, 4.69) is 15.6 Å². The van der Waals surface area contributed by atoms with Gasteiger partial charge in [0.1, 0.15) is 5.82 Å². The van der Waals surface area contributed by atoms with Gasteiger partial charge in [-0.1, -0.05) is 18.2 Å². The molecule has 2 amide bonds. The van der Waals surface area contributed by atoms with Gasteiger partial charge in [-0.25, -0.2) is 14.8 Å². The highest BCUT2D eigenvalue weighted by atomic mass is 16.4.